The topological polar surface area (TPSA) is 50.7 Å². The second-order valence-electron chi connectivity index (χ2n) is 3.89. The van der Waals surface area contributed by atoms with E-state index in [4.69, 9.17) is 0 Å². The normalized spacial score (nSPS) is 13.8. The number of hydrogen-bond acceptors (Lipinski definition) is 4. The molecule has 2 aromatic heterocycles. The van der Waals surface area contributed by atoms with Gasteiger partial charge in [-0.1, -0.05) is 0 Å². The molecule has 0 unspecified atom stereocenters. The largest absolute Gasteiger partial charge is 0.307 e. The van der Waals surface area contributed by atoms with Gasteiger partial charge in [-0.25, -0.2) is 9.97 Å². The minimum absolute atomic E-state index is 0.774. The van der Waals surface area contributed by atoms with Gasteiger partial charge in [-0.3, -0.25) is 4.98 Å². The van der Waals surface area contributed by atoms with Crippen molar-refractivity contribution in [1.29, 1.82) is 0 Å². The van der Waals surface area contributed by atoms with Crippen molar-refractivity contribution in [2.45, 2.75) is 19.5 Å². The van der Waals surface area contributed by atoms with Crippen LogP contribution in [0.25, 0.3) is 0 Å². The van der Waals surface area contributed by atoms with E-state index in [2.05, 4.69) is 20.3 Å². The van der Waals surface area contributed by atoms with Crippen LogP contribution < -0.4 is 5.32 Å². The zero-order valence-electron chi connectivity index (χ0n) is 8.85. The molecule has 2 aromatic rings. The van der Waals surface area contributed by atoms with Gasteiger partial charge in [-0.2, -0.15) is 0 Å². The van der Waals surface area contributed by atoms with Crippen molar-refractivity contribution in [3.8, 4) is 0 Å². The molecule has 1 N–H and O–H groups in total. The highest BCUT2D eigenvalue weighted by Gasteiger charge is 2.12. The molecule has 80 valence electrons. The maximum absolute atomic E-state index is 4.55. The van der Waals surface area contributed by atoms with E-state index in [9.17, 15) is 0 Å². The summed E-state index contributed by atoms with van der Waals surface area (Å²) in [5.74, 6) is 0.883. The zero-order chi connectivity index (χ0) is 10.8. The molecule has 0 aromatic carbocycles. The average molecular weight is 212 g/mol. The summed E-state index contributed by atoms with van der Waals surface area (Å²) in [5, 5.41) is 3.27. The van der Waals surface area contributed by atoms with E-state index in [0.717, 1.165) is 31.0 Å². The fourth-order valence-corrected chi connectivity index (χ4v) is 1.87. The van der Waals surface area contributed by atoms with E-state index < -0.39 is 0 Å². The van der Waals surface area contributed by atoms with Gasteiger partial charge >= 0.3 is 0 Å². The Morgan fingerprint density at radius 3 is 2.94 bits per heavy atom. The van der Waals surface area contributed by atoms with Crippen molar-refractivity contribution in [1.82, 2.24) is 20.3 Å². The lowest BCUT2D eigenvalue weighted by atomic mass is 10.2. The first kappa shape index (κ1) is 9.42. The Hall–Kier alpha value is -1.81. The van der Waals surface area contributed by atoms with Gasteiger partial charge in [0.05, 0.1) is 5.69 Å². The van der Waals surface area contributed by atoms with E-state index >= 15 is 0 Å². The predicted octanol–water partition coefficient (Wildman–Crippen LogP) is 1.07. The number of fused-ring (bicyclic) bond motifs is 1. The summed E-state index contributed by atoms with van der Waals surface area (Å²) < 4.78 is 0. The van der Waals surface area contributed by atoms with Gasteiger partial charge in [0.2, 0.25) is 0 Å². The third-order valence-corrected chi connectivity index (χ3v) is 2.72. The molecule has 3 rings (SSSR count). The van der Waals surface area contributed by atoms with Gasteiger partial charge in [0, 0.05) is 43.7 Å². The summed E-state index contributed by atoms with van der Waals surface area (Å²) in [6.07, 6.45) is 6.29. The molecule has 1 aliphatic heterocycles. The maximum atomic E-state index is 4.55. The number of rotatable bonds is 2. The fraction of sp³-hybridized carbons (Fsp3) is 0.250. The molecule has 16 heavy (non-hydrogen) atoms. The molecule has 0 aliphatic carbocycles. The van der Waals surface area contributed by atoms with Crippen LogP contribution in [0, 0.1) is 0 Å². The van der Waals surface area contributed by atoms with Crippen LogP contribution in [0.2, 0.25) is 0 Å². The van der Waals surface area contributed by atoms with Crippen LogP contribution in [0.1, 0.15) is 22.6 Å². The molecule has 0 spiro atoms. The third-order valence-electron chi connectivity index (χ3n) is 2.72. The van der Waals surface area contributed by atoms with Crippen LogP contribution in [0.4, 0.5) is 0 Å². The Labute approximate surface area is 93.8 Å². The van der Waals surface area contributed by atoms with Crippen molar-refractivity contribution >= 4 is 0 Å². The number of hydrogen-bond donors (Lipinski definition) is 1. The molecule has 0 radical (unpaired) electrons. The van der Waals surface area contributed by atoms with Gasteiger partial charge < -0.3 is 5.32 Å². The van der Waals surface area contributed by atoms with Gasteiger partial charge in [0.25, 0.3) is 0 Å². The van der Waals surface area contributed by atoms with Gasteiger partial charge in [0.1, 0.15) is 5.82 Å². The SMILES string of the molecule is c1cc(Cc2ncc3c(n2)CNC3)ccn1. The number of aromatic nitrogens is 3. The monoisotopic (exact) mass is 212 g/mol. The highest BCUT2D eigenvalue weighted by molar-refractivity contribution is 5.23. The predicted molar refractivity (Wildman–Crippen MR) is 59.6 cm³/mol. The van der Waals surface area contributed by atoms with E-state index in [-0.39, 0.29) is 0 Å². The lowest BCUT2D eigenvalue weighted by molar-refractivity contribution is 0.756. The first-order valence-corrected chi connectivity index (χ1v) is 5.35. The van der Waals surface area contributed by atoms with Crippen molar-refractivity contribution in [3.05, 3.63) is 53.4 Å². The first-order valence-electron chi connectivity index (χ1n) is 5.35. The van der Waals surface area contributed by atoms with Gasteiger partial charge in [0.15, 0.2) is 0 Å². The lowest BCUT2D eigenvalue weighted by Gasteiger charge is -2.02. The molecule has 0 saturated heterocycles. The molecule has 0 amide bonds. The molecular weight excluding hydrogens is 200 g/mol. The molecule has 0 saturated carbocycles. The minimum atomic E-state index is 0.774. The number of nitrogens with one attached hydrogen (secondary N) is 1. The molecule has 4 heteroatoms. The molecule has 3 heterocycles. The number of pyridine rings is 1. The zero-order valence-corrected chi connectivity index (χ0v) is 8.85. The molecule has 4 nitrogen and oxygen atoms in total. The average Bonchev–Trinajstić information content (AvgIpc) is 2.77. The smallest absolute Gasteiger partial charge is 0.132 e. The van der Waals surface area contributed by atoms with E-state index in [1.54, 1.807) is 12.4 Å². The summed E-state index contributed by atoms with van der Waals surface area (Å²) in [5.41, 5.74) is 3.55. The van der Waals surface area contributed by atoms with Crippen molar-refractivity contribution in [2.75, 3.05) is 0 Å². The Balaban J connectivity index is 1.86. The summed E-state index contributed by atoms with van der Waals surface area (Å²) in [6, 6.07) is 3.99. The fourth-order valence-electron chi connectivity index (χ4n) is 1.87. The Morgan fingerprint density at radius 1 is 1.19 bits per heavy atom. The van der Waals surface area contributed by atoms with Crippen LogP contribution in [0.15, 0.2) is 30.7 Å². The molecular formula is C12H12N4. The van der Waals surface area contributed by atoms with Crippen molar-refractivity contribution in [2.24, 2.45) is 0 Å². The summed E-state index contributed by atoms with van der Waals surface area (Å²) in [4.78, 5) is 12.9. The van der Waals surface area contributed by atoms with Gasteiger partial charge in [-0.05, 0) is 17.7 Å². The number of nitrogens with zero attached hydrogens (tertiary/aromatic N) is 3. The van der Waals surface area contributed by atoms with Gasteiger partial charge in [-0.15, -0.1) is 0 Å². The summed E-state index contributed by atoms with van der Waals surface area (Å²) in [7, 11) is 0. The van der Waals surface area contributed by atoms with Crippen molar-refractivity contribution in [3.63, 3.8) is 0 Å². The Morgan fingerprint density at radius 2 is 2.06 bits per heavy atom. The first-order chi connectivity index (χ1) is 7.92. The van der Waals surface area contributed by atoms with E-state index in [0.29, 0.717) is 0 Å². The lowest BCUT2D eigenvalue weighted by Crippen LogP contribution is -2.02. The quantitative estimate of drug-likeness (QED) is 0.809. The van der Waals surface area contributed by atoms with Crippen molar-refractivity contribution < 1.29 is 0 Å². The van der Waals surface area contributed by atoms with Crippen LogP contribution in [-0.4, -0.2) is 15.0 Å². The highest BCUT2D eigenvalue weighted by Crippen LogP contribution is 2.12. The van der Waals surface area contributed by atoms with E-state index in [1.807, 2.05) is 18.3 Å². The molecule has 0 atom stereocenters. The summed E-state index contributed by atoms with van der Waals surface area (Å²) in [6.45, 7) is 1.76. The third kappa shape index (κ3) is 1.79. The Bertz CT molecular complexity index is 496. The maximum Gasteiger partial charge on any atom is 0.132 e. The van der Waals surface area contributed by atoms with Crippen LogP contribution in [-0.2, 0) is 19.5 Å². The van der Waals surface area contributed by atoms with Crippen LogP contribution in [0.5, 0.6) is 0 Å². The van der Waals surface area contributed by atoms with Crippen LogP contribution in [0.3, 0.4) is 0 Å². The highest BCUT2D eigenvalue weighted by atomic mass is 15.0. The van der Waals surface area contributed by atoms with Crippen LogP contribution >= 0.6 is 0 Å². The molecule has 1 aliphatic rings. The second-order valence-corrected chi connectivity index (χ2v) is 3.89. The Kier molecular flexibility index (Phi) is 2.34. The standard InChI is InChI=1S/C12H12N4/c1-3-13-4-2-9(1)5-12-15-7-10-6-14-8-11(10)16-12/h1-4,7,14H,5-6,8H2. The molecule has 0 fully saturated rings. The summed E-state index contributed by atoms with van der Waals surface area (Å²) >= 11 is 0. The second kappa shape index (κ2) is 3.98. The minimum Gasteiger partial charge on any atom is -0.307 e. The van der Waals surface area contributed by atoms with E-state index in [1.165, 1.54) is 11.1 Å². The molecule has 0 bridgehead atoms.